The first-order valence-electron chi connectivity index (χ1n) is 4.25. The van der Waals surface area contributed by atoms with E-state index in [1.54, 1.807) is 0 Å². The van der Waals surface area contributed by atoms with Crippen molar-refractivity contribution in [3.63, 3.8) is 0 Å². The summed E-state index contributed by atoms with van der Waals surface area (Å²) in [7, 11) is 0. The molecular weight excluding hydrogens is 126 g/mol. The Morgan fingerprint density at radius 2 is 2.20 bits per heavy atom. The van der Waals surface area contributed by atoms with E-state index in [2.05, 4.69) is 5.32 Å². The molecule has 0 aliphatic carbocycles. The van der Waals surface area contributed by atoms with Gasteiger partial charge in [-0.3, -0.25) is 0 Å². The van der Waals surface area contributed by atoms with E-state index in [1.165, 1.54) is 25.9 Å². The minimum Gasteiger partial charge on any atom is -0.381 e. The maximum atomic E-state index is 5.40. The molecular formula is C8H15NO. The van der Waals surface area contributed by atoms with Crippen LogP contribution in [0.25, 0.3) is 0 Å². The Balaban J connectivity index is 1.93. The molecule has 2 fully saturated rings. The van der Waals surface area contributed by atoms with Gasteiger partial charge in [-0.05, 0) is 31.2 Å². The van der Waals surface area contributed by atoms with Gasteiger partial charge >= 0.3 is 0 Å². The van der Waals surface area contributed by atoms with Crippen LogP contribution in [0.4, 0.5) is 0 Å². The number of piperidine rings is 1. The van der Waals surface area contributed by atoms with Crippen molar-refractivity contribution in [2.24, 2.45) is 11.8 Å². The summed E-state index contributed by atoms with van der Waals surface area (Å²) in [4.78, 5) is 0. The van der Waals surface area contributed by atoms with Gasteiger partial charge in [0.25, 0.3) is 0 Å². The molecule has 10 heavy (non-hydrogen) atoms. The molecule has 0 spiro atoms. The smallest absolute Gasteiger partial charge is 0.0509 e. The normalized spacial score (nSPS) is 40.8. The van der Waals surface area contributed by atoms with Crippen LogP contribution in [0, 0.1) is 11.8 Å². The number of rotatable bonds is 0. The Kier molecular flexibility index (Phi) is 1.91. The van der Waals surface area contributed by atoms with Crippen LogP contribution in [-0.4, -0.2) is 26.3 Å². The number of fused-ring (bicyclic) bond motifs is 1. The highest BCUT2D eigenvalue weighted by atomic mass is 16.5. The summed E-state index contributed by atoms with van der Waals surface area (Å²) in [6, 6.07) is 0. The molecule has 2 heterocycles. The second kappa shape index (κ2) is 2.89. The number of hydrogen-bond acceptors (Lipinski definition) is 2. The van der Waals surface area contributed by atoms with Crippen molar-refractivity contribution >= 4 is 0 Å². The van der Waals surface area contributed by atoms with Crippen LogP contribution in [0.5, 0.6) is 0 Å². The lowest BCUT2D eigenvalue weighted by molar-refractivity contribution is 0.00490. The largest absolute Gasteiger partial charge is 0.381 e. The lowest BCUT2D eigenvalue weighted by atomic mass is 9.83. The predicted octanol–water partition coefficient (Wildman–Crippen LogP) is 0.632. The van der Waals surface area contributed by atoms with E-state index in [-0.39, 0.29) is 0 Å². The molecule has 0 unspecified atom stereocenters. The molecule has 2 rings (SSSR count). The third-order valence-electron chi connectivity index (χ3n) is 2.73. The van der Waals surface area contributed by atoms with Gasteiger partial charge in [0.05, 0.1) is 6.61 Å². The Labute approximate surface area is 61.9 Å². The zero-order valence-corrected chi connectivity index (χ0v) is 6.31. The van der Waals surface area contributed by atoms with Gasteiger partial charge in [-0.15, -0.1) is 0 Å². The van der Waals surface area contributed by atoms with Gasteiger partial charge in [0.15, 0.2) is 0 Å². The van der Waals surface area contributed by atoms with E-state index >= 15 is 0 Å². The summed E-state index contributed by atoms with van der Waals surface area (Å²) in [6.45, 7) is 4.41. The molecule has 2 saturated heterocycles. The van der Waals surface area contributed by atoms with Crippen LogP contribution >= 0.6 is 0 Å². The molecule has 1 N–H and O–H groups in total. The van der Waals surface area contributed by atoms with Crippen molar-refractivity contribution in [2.45, 2.75) is 12.8 Å². The third-order valence-corrected chi connectivity index (χ3v) is 2.73. The van der Waals surface area contributed by atoms with E-state index in [0.29, 0.717) is 0 Å². The maximum Gasteiger partial charge on any atom is 0.0509 e. The van der Waals surface area contributed by atoms with Crippen LogP contribution in [0.3, 0.4) is 0 Å². The first-order chi connectivity index (χ1) is 4.97. The molecule has 0 radical (unpaired) electrons. The highest BCUT2D eigenvalue weighted by Crippen LogP contribution is 2.26. The molecule has 2 aliphatic heterocycles. The average molecular weight is 141 g/mol. The van der Waals surface area contributed by atoms with Crippen molar-refractivity contribution < 1.29 is 4.74 Å². The van der Waals surface area contributed by atoms with Crippen molar-refractivity contribution in [3.05, 3.63) is 0 Å². The van der Waals surface area contributed by atoms with E-state index in [9.17, 15) is 0 Å². The minimum absolute atomic E-state index is 0.822. The molecule has 0 amide bonds. The van der Waals surface area contributed by atoms with Crippen LogP contribution in [0.2, 0.25) is 0 Å². The Morgan fingerprint density at radius 1 is 1.20 bits per heavy atom. The highest BCUT2D eigenvalue weighted by Gasteiger charge is 2.27. The number of ether oxygens (including phenoxy) is 1. The maximum absolute atomic E-state index is 5.40. The van der Waals surface area contributed by atoms with Gasteiger partial charge in [0.1, 0.15) is 0 Å². The van der Waals surface area contributed by atoms with Crippen molar-refractivity contribution in [1.82, 2.24) is 5.32 Å². The van der Waals surface area contributed by atoms with E-state index in [4.69, 9.17) is 4.74 Å². The lowest BCUT2D eigenvalue weighted by Crippen LogP contribution is -2.41. The quantitative estimate of drug-likeness (QED) is 0.534. The Bertz CT molecular complexity index is 89.8. The van der Waals surface area contributed by atoms with Crippen molar-refractivity contribution in [2.75, 3.05) is 26.3 Å². The van der Waals surface area contributed by atoms with Gasteiger partial charge in [0, 0.05) is 13.2 Å². The summed E-state index contributed by atoms with van der Waals surface area (Å²) >= 11 is 0. The summed E-state index contributed by atoms with van der Waals surface area (Å²) in [6.07, 6.45) is 2.67. The standard InChI is InChI=1S/C8H15NO/c1-3-9-5-8-6-10-4-2-7(1)8/h7-9H,1-6H2/t7-,8+/m1/s1. The zero-order valence-electron chi connectivity index (χ0n) is 6.31. The Morgan fingerprint density at radius 3 is 3.10 bits per heavy atom. The fourth-order valence-electron chi connectivity index (χ4n) is 2.02. The summed E-state index contributed by atoms with van der Waals surface area (Å²) < 4.78 is 5.40. The molecule has 2 aliphatic rings. The monoisotopic (exact) mass is 141 g/mol. The average Bonchev–Trinajstić information content (AvgIpc) is 2.05. The highest BCUT2D eigenvalue weighted by molar-refractivity contribution is 4.80. The Hall–Kier alpha value is -0.0800. The molecule has 2 nitrogen and oxygen atoms in total. The molecule has 0 saturated carbocycles. The summed E-state index contributed by atoms with van der Waals surface area (Å²) in [5.41, 5.74) is 0. The SMILES string of the molecule is C1C[C@@H]2CCOC[C@@H]2CN1. The van der Waals surface area contributed by atoms with Crippen LogP contribution in [-0.2, 0) is 4.74 Å². The van der Waals surface area contributed by atoms with Gasteiger partial charge in [-0.1, -0.05) is 0 Å². The van der Waals surface area contributed by atoms with Gasteiger partial charge in [-0.25, -0.2) is 0 Å². The minimum atomic E-state index is 0.822. The summed E-state index contributed by atoms with van der Waals surface area (Å²) in [5.74, 6) is 1.79. The predicted molar refractivity (Wildman–Crippen MR) is 39.9 cm³/mol. The molecule has 0 aromatic rings. The first kappa shape index (κ1) is 6.62. The topological polar surface area (TPSA) is 21.3 Å². The van der Waals surface area contributed by atoms with Gasteiger partial charge in [0.2, 0.25) is 0 Å². The molecule has 2 heteroatoms. The van der Waals surface area contributed by atoms with Crippen LogP contribution in [0.15, 0.2) is 0 Å². The molecule has 0 aromatic heterocycles. The second-order valence-electron chi connectivity index (χ2n) is 3.38. The van der Waals surface area contributed by atoms with Crippen LogP contribution < -0.4 is 5.32 Å². The third kappa shape index (κ3) is 1.18. The fourth-order valence-corrected chi connectivity index (χ4v) is 2.02. The zero-order chi connectivity index (χ0) is 6.81. The molecule has 0 bridgehead atoms. The number of nitrogens with one attached hydrogen (secondary N) is 1. The van der Waals surface area contributed by atoms with E-state index in [1.807, 2.05) is 0 Å². The van der Waals surface area contributed by atoms with E-state index < -0.39 is 0 Å². The summed E-state index contributed by atoms with van der Waals surface area (Å²) in [5, 5.41) is 3.40. The number of hydrogen-bond donors (Lipinski definition) is 1. The molecule has 58 valence electrons. The van der Waals surface area contributed by atoms with Crippen molar-refractivity contribution in [3.8, 4) is 0 Å². The van der Waals surface area contributed by atoms with Gasteiger partial charge in [-0.2, -0.15) is 0 Å². The van der Waals surface area contributed by atoms with E-state index in [0.717, 1.165) is 25.0 Å². The van der Waals surface area contributed by atoms with Gasteiger partial charge < -0.3 is 10.1 Å². The molecule has 2 atom stereocenters. The second-order valence-corrected chi connectivity index (χ2v) is 3.38. The fraction of sp³-hybridized carbons (Fsp3) is 1.00. The first-order valence-corrected chi connectivity index (χ1v) is 4.25. The van der Waals surface area contributed by atoms with Crippen LogP contribution in [0.1, 0.15) is 12.8 Å². The molecule has 0 aromatic carbocycles. The lowest BCUT2D eigenvalue weighted by Gasteiger charge is -2.35. The van der Waals surface area contributed by atoms with Crippen molar-refractivity contribution in [1.29, 1.82) is 0 Å².